The number of aliphatic imine (C=N–C) groups is 1. The maximum absolute atomic E-state index is 5.84. The highest BCUT2D eigenvalue weighted by Crippen LogP contribution is 2.27. The van der Waals surface area contributed by atoms with Crippen LogP contribution in [0.15, 0.2) is 29.3 Å². The Labute approximate surface area is 148 Å². The predicted octanol–water partition coefficient (Wildman–Crippen LogP) is 3.30. The van der Waals surface area contributed by atoms with Gasteiger partial charge in [0.05, 0.1) is 6.54 Å². The van der Waals surface area contributed by atoms with Gasteiger partial charge in [0, 0.05) is 18.6 Å². The summed E-state index contributed by atoms with van der Waals surface area (Å²) in [7, 11) is 1.78. The number of halogens is 2. The van der Waals surface area contributed by atoms with Gasteiger partial charge in [0.1, 0.15) is 11.9 Å². The zero-order valence-electron chi connectivity index (χ0n) is 12.4. The van der Waals surface area contributed by atoms with E-state index in [1.807, 2.05) is 31.2 Å². The van der Waals surface area contributed by atoms with Crippen molar-refractivity contribution >= 4 is 41.5 Å². The number of guanidine groups is 1. The summed E-state index contributed by atoms with van der Waals surface area (Å²) < 4.78 is 5.80. The van der Waals surface area contributed by atoms with Crippen molar-refractivity contribution in [2.45, 2.75) is 25.9 Å². The standard InChI is InChI=1S/C15H22ClN3O.HI/c1-11(20-14-7-5-13(16)6-8-14)9-18-15(17-2)19-10-12-3-4-12;/h5-8,11-12H,3-4,9-10H2,1-2H3,(H2,17,18,19);1H. The molecule has 21 heavy (non-hydrogen) atoms. The molecule has 0 saturated heterocycles. The fourth-order valence-corrected chi connectivity index (χ4v) is 1.94. The number of ether oxygens (including phenoxy) is 1. The monoisotopic (exact) mass is 423 g/mol. The molecule has 0 aliphatic heterocycles. The number of rotatable bonds is 6. The highest BCUT2D eigenvalue weighted by molar-refractivity contribution is 14.0. The maximum Gasteiger partial charge on any atom is 0.191 e. The molecule has 6 heteroatoms. The van der Waals surface area contributed by atoms with Crippen molar-refractivity contribution in [3.05, 3.63) is 29.3 Å². The summed E-state index contributed by atoms with van der Waals surface area (Å²) in [5.41, 5.74) is 0. The molecule has 1 aromatic carbocycles. The van der Waals surface area contributed by atoms with E-state index < -0.39 is 0 Å². The van der Waals surface area contributed by atoms with Crippen molar-refractivity contribution in [1.29, 1.82) is 0 Å². The van der Waals surface area contributed by atoms with Crippen LogP contribution in [0, 0.1) is 5.92 Å². The third kappa shape index (κ3) is 7.22. The SMILES string of the molecule is CN=C(NCC1CC1)NCC(C)Oc1ccc(Cl)cc1.I. The molecule has 0 aromatic heterocycles. The zero-order valence-corrected chi connectivity index (χ0v) is 15.5. The highest BCUT2D eigenvalue weighted by atomic mass is 127. The van der Waals surface area contributed by atoms with E-state index in [4.69, 9.17) is 16.3 Å². The summed E-state index contributed by atoms with van der Waals surface area (Å²) in [6, 6.07) is 7.40. The van der Waals surface area contributed by atoms with Crippen LogP contribution in [0.5, 0.6) is 5.75 Å². The fraction of sp³-hybridized carbons (Fsp3) is 0.533. The first-order chi connectivity index (χ1) is 9.67. The smallest absolute Gasteiger partial charge is 0.191 e. The fourth-order valence-electron chi connectivity index (χ4n) is 1.81. The van der Waals surface area contributed by atoms with E-state index in [1.54, 1.807) is 7.05 Å². The summed E-state index contributed by atoms with van der Waals surface area (Å²) in [4.78, 5) is 4.20. The first-order valence-electron chi connectivity index (χ1n) is 7.04. The van der Waals surface area contributed by atoms with Gasteiger partial charge in [-0.2, -0.15) is 0 Å². The van der Waals surface area contributed by atoms with Gasteiger partial charge in [0.25, 0.3) is 0 Å². The summed E-state index contributed by atoms with van der Waals surface area (Å²) in [6.45, 7) is 3.73. The van der Waals surface area contributed by atoms with Crippen LogP contribution in [-0.2, 0) is 0 Å². The summed E-state index contributed by atoms with van der Waals surface area (Å²) in [5.74, 6) is 2.49. The molecule has 4 nitrogen and oxygen atoms in total. The molecular formula is C15H23ClIN3O. The average Bonchev–Trinajstić information content (AvgIpc) is 3.26. The number of nitrogens with one attached hydrogen (secondary N) is 2. The molecule has 0 amide bonds. The lowest BCUT2D eigenvalue weighted by molar-refractivity contribution is 0.224. The normalized spacial score (nSPS) is 15.9. The van der Waals surface area contributed by atoms with Crippen LogP contribution in [-0.4, -0.2) is 32.2 Å². The van der Waals surface area contributed by atoms with Crippen molar-refractivity contribution in [1.82, 2.24) is 10.6 Å². The second-order valence-corrected chi connectivity index (χ2v) is 5.60. The summed E-state index contributed by atoms with van der Waals surface area (Å²) >= 11 is 5.84. The van der Waals surface area contributed by atoms with Crippen molar-refractivity contribution < 1.29 is 4.74 Å². The maximum atomic E-state index is 5.84. The molecule has 1 saturated carbocycles. The minimum absolute atomic E-state index is 0. The lowest BCUT2D eigenvalue weighted by atomic mass is 10.3. The minimum Gasteiger partial charge on any atom is -0.489 e. The van der Waals surface area contributed by atoms with Crippen LogP contribution in [0.4, 0.5) is 0 Å². The van der Waals surface area contributed by atoms with Crippen molar-refractivity contribution in [2.75, 3.05) is 20.1 Å². The first-order valence-corrected chi connectivity index (χ1v) is 7.42. The van der Waals surface area contributed by atoms with Crippen LogP contribution in [0.25, 0.3) is 0 Å². The van der Waals surface area contributed by atoms with Gasteiger partial charge >= 0.3 is 0 Å². The number of benzene rings is 1. The van der Waals surface area contributed by atoms with Gasteiger partial charge in [-0.05, 0) is 49.9 Å². The van der Waals surface area contributed by atoms with E-state index in [0.717, 1.165) is 24.2 Å². The molecule has 2 rings (SSSR count). The predicted molar refractivity (Wildman–Crippen MR) is 99.0 cm³/mol. The Morgan fingerprint density at radius 2 is 2.00 bits per heavy atom. The van der Waals surface area contributed by atoms with Gasteiger partial charge < -0.3 is 15.4 Å². The molecule has 0 bridgehead atoms. The van der Waals surface area contributed by atoms with E-state index >= 15 is 0 Å². The molecule has 0 heterocycles. The van der Waals surface area contributed by atoms with Gasteiger partial charge in [-0.3, -0.25) is 4.99 Å². The quantitative estimate of drug-likeness (QED) is 0.419. The molecule has 0 radical (unpaired) electrons. The Bertz CT molecular complexity index is 449. The third-order valence-electron chi connectivity index (χ3n) is 3.19. The van der Waals surface area contributed by atoms with E-state index in [1.165, 1.54) is 12.8 Å². The Balaban J connectivity index is 0.00000220. The molecule has 1 aliphatic carbocycles. The molecule has 1 fully saturated rings. The van der Waals surface area contributed by atoms with Gasteiger partial charge in [0.15, 0.2) is 5.96 Å². The topological polar surface area (TPSA) is 45.7 Å². The lowest BCUT2D eigenvalue weighted by Gasteiger charge is -2.17. The van der Waals surface area contributed by atoms with Crippen molar-refractivity contribution in [2.24, 2.45) is 10.9 Å². The minimum atomic E-state index is 0. The molecule has 2 N–H and O–H groups in total. The Hall–Kier alpha value is -0.690. The Morgan fingerprint density at radius 3 is 2.57 bits per heavy atom. The molecule has 1 atom stereocenters. The summed E-state index contributed by atoms with van der Waals surface area (Å²) in [6.07, 6.45) is 2.72. The van der Waals surface area contributed by atoms with Crippen LogP contribution in [0.1, 0.15) is 19.8 Å². The Kier molecular flexibility index (Phi) is 8.18. The first kappa shape index (κ1) is 18.4. The van der Waals surface area contributed by atoms with Crippen molar-refractivity contribution in [3.63, 3.8) is 0 Å². The molecule has 118 valence electrons. The number of hydrogen-bond acceptors (Lipinski definition) is 2. The third-order valence-corrected chi connectivity index (χ3v) is 3.44. The van der Waals surface area contributed by atoms with E-state index in [2.05, 4.69) is 15.6 Å². The second-order valence-electron chi connectivity index (χ2n) is 5.16. The van der Waals surface area contributed by atoms with Gasteiger partial charge in [-0.25, -0.2) is 0 Å². The van der Waals surface area contributed by atoms with Crippen LogP contribution < -0.4 is 15.4 Å². The molecule has 1 aliphatic rings. The van der Waals surface area contributed by atoms with Crippen LogP contribution in [0.2, 0.25) is 5.02 Å². The molecule has 1 aromatic rings. The molecular weight excluding hydrogens is 401 g/mol. The Morgan fingerprint density at radius 1 is 1.33 bits per heavy atom. The van der Waals surface area contributed by atoms with Crippen molar-refractivity contribution in [3.8, 4) is 5.75 Å². The van der Waals surface area contributed by atoms with Gasteiger partial charge in [-0.15, -0.1) is 24.0 Å². The molecule has 1 unspecified atom stereocenters. The number of nitrogens with zero attached hydrogens (tertiary/aromatic N) is 1. The van der Waals surface area contributed by atoms with Crippen LogP contribution >= 0.6 is 35.6 Å². The summed E-state index contributed by atoms with van der Waals surface area (Å²) in [5, 5.41) is 7.31. The average molecular weight is 424 g/mol. The van der Waals surface area contributed by atoms with Gasteiger partial charge in [0.2, 0.25) is 0 Å². The largest absolute Gasteiger partial charge is 0.489 e. The highest BCUT2D eigenvalue weighted by Gasteiger charge is 2.21. The van der Waals surface area contributed by atoms with E-state index in [-0.39, 0.29) is 30.1 Å². The number of hydrogen-bond donors (Lipinski definition) is 2. The zero-order chi connectivity index (χ0) is 14.4. The molecule has 0 spiro atoms. The van der Waals surface area contributed by atoms with E-state index in [9.17, 15) is 0 Å². The van der Waals surface area contributed by atoms with Gasteiger partial charge in [-0.1, -0.05) is 11.6 Å². The second kappa shape index (κ2) is 9.35. The van der Waals surface area contributed by atoms with E-state index in [0.29, 0.717) is 11.6 Å². The lowest BCUT2D eigenvalue weighted by Crippen LogP contribution is -2.42. The van der Waals surface area contributed by atoms with Crippen LogP contribution in [0.3, 0.4) is 0 Å².